The molecule has 2 aromatic heterocycles. The summed E-state index contributed by atoms with van der Waals surface area (Å²) in [6.07, 6.45) is 2.40. The Morgan fingerprint density at radius 2 is 2.10 bits per heavy atom. The number of para-hydroxylation sites is 2. The fraction of sp³-hybridized carbons (Fsp3) is 0.500. The average molecular weight is 396 g/mol. The van der Waals surface area contributed by atoms with E-state index >= 15 is 0 Å². The van der Waals surface area contributed by atoms with Crippen molar-refractivity contribution in [2.45, 2.75) is 39.3 Å². The van der Waals surface area contributed by atoms with E-state index in [0.29, 0.717) is 18.3 Å². The first-order valence-corrected chi connectivity index (χ1v) is 10.5. The molecule has 1 saturated heterocycles. The fourth-order valence-corrected chi connectivity index (χ4v) is 4.64. The molecule has 1 aliphatic heterocycles. The maximum atomic E-state index is 13.5. The molecule has 0 spiro atoms. The number of rotatable bonds is 6. The van der Waals surface area contributed by atoms with Gasteiger partial charge in [0.1, 0.15) is 17.6 Å². The Bertz CT molecular complexity index is 1020. The van der Waals surface area contributed by atoms with Crippen molar-refractivity contribution in [2.75, 3.05) is 19.6 Å². The van der Waals surface area contributed by atoms with Crippen molar-refractivity contribution in [3.8, 4) is 0 Å². The first-order valence-electron chi connectivity index (χ1n) is 10.5. The smallest absolute Gasteiger partial charge is 0.272 e. The lowest BCUT2D eigenvalue weighted by molar-refractivity contribution is -0.909. The van der Waals surface area contributed by atoms with Crippen LogP contribution in [0.4, 0.5) is 0 Å². The second-order valence-electron chi connectivity index (χ2n) is 8.16. The van der Waals surface area contributed by atoms with Crippen molar-refractivity contribution in [1.82, 2.24) is 24.2 Å². The molecule has 7 heteroatoms. The number of likely N-dealkylation sites (tertiary alicyclic amines) is 1. The normalized spacial score (nSPS) is 19.2. The quantitative estimate of drug-likeness (QED) is 0.685. The van der Waals surface area contributed by atoms with Gasteiger partial charge >= 0.3 is 0 Å². The van der Waals surface area contributed by atoms with Gasteiger partial charge in [0.05, 0.1) is 42.9 Å². The van der Waals surface area contributed by atoms with E-state index in [-0.39, 0.29) is 5.91 Å². The molecule has 1 aliphatic rings. The van der Waals surface area contributed by atoms with Crippen LogP contribution in [0.25, 0.3) is 11.0 Å². The van der Waals surface area contributed by atoms with Gasteiger partial charge in [-0.25, -0.2) is 4.98 Å². The number of carbonyl (C=O) groups excluding carboxylic acids is 1. The highest BCUT2D eigenvalue weighted by Gasteiger charge is 2.32. The molecular weight excluding hydrogens is 364 g/mol. The molecule has 29 heavy (non-hydrogen) atoms. The number of hydrogen-bond donors (Lipinski definition) is 1. The van der Waals surface area contributed by atoms with Gasteiger partial charge in [-0.3, -0.25) is 9.48 Å². The van der Waals surface area contributed by atoms with E-state index in [1.807, 2.05) is 50.2 Å². The van der Waals surface area contributed by atoms with Crippen molar-refractivity contribution in [2.24, 2.45) is 14.1 Å². The van der Waals surface area contributed by atoms with E-state index in [4.69, 9.17) is 4.98 Å². The Morgan fingerprint density at radius 1 is 1.31 bits per heavy atom. The van der Waals surface area contributed by atoms with E-state index in [2.05, 4.69) is 22.7 Å². The number of aryl methyl sites for hydroxylation is 3. The van der Waals surface area contributed by atoms with Crippen molar-refractivity contribution in [3.05, 3.63) is 47.5 Å². The van der Waals surface area contributed by atoms with Crippen LogP contribution in [0.5, 0.6) is 0 Å². The zero-order chi connectivity index (χ0) is 20.5. The Morgan fingerprint density at radius 3 is 2.79 bits per heavy atom. The third kappa shape index (κ3) is 3.79. The van der Waals surface area contributed by atoms with E-state index < -0.39 is 0 Å². The maximum absolute atomic E-state index is 13.5. The van der Waals surface area contributed by atoms with Crippen LogP contribution in [-0.4, -0.2) is 55.8 Å². The summed E-state index contributed by atoms with van der Waals surface area (Å²) in [5, 5.41) is 4.38. The van der Waals surface area contributed by atoms with Crippen molar-refractivity contribution >= 4 is 16.9 Å². The minimum atomic E-state index is 0.0301. The van der Waals surface area contributed by atoms with Crippen LogP contribution in [0.1, 0.15) is 41.8 Å². The third-order valence-electron chi connectivity index (χ3n) is 6.24. The van der Waals surface area contributed by atoms with Crippen LogP contribution in [0, 0.1) is 6.92 Å². The Balaban J connectivity index is 1.66. The van der Waals surface area contributed by atoms with E-state index in [9.17, 15) is 4.79 Å². The van der Waals surface area contributed by atoms with Gasteiger partial charge in [0.2, 0.25) is 0 Å². The summed E-state index contributed by atoms with van der Waals surface area (Å²) < 4.78 is 3.79. The number of likely N-dealkylation sites (N-methyl/N-ethyl adjacent to an activating group) is 1. The van der Waals surface area contributed by atoms with Crippen molar-refractivity contribution < 1.29 is 9.69 Å². The molecule has 1 N–H and O–H groups in total. The highest BCUT2D eigenvalue weighted by atomic mass is 16.2. The van der Waals surface area contributed by atoms with Gasteiger partial charge in [-0.05, 0) is 32.0 Å². The van der Waals surface area contributed by atoms with E-state index in [1.165, 1.54) is 19.4 Å². The Kier molecular flexibility index (Phi) is 5.41. The molecule has 1 unspecified atom stereocenters. The molecule has 7 nitrogen and oxygen atoms in total. The third-order valence-corrected chi connectivity index (χ3v) is 6.24. The molecule has 4 rings (SSSR count). The van der Waals surface area contributed by atoms with Gasteiger partial charge in [0.15, 0.2) is 0 Å². The summed E-state index contributed by atoms with van der Waals surface area (Å²) in [4.78, 5) is 21.9. The molecule has 1 amide bonds. The highest BCUT2D eigenvalue weighted by molar-refractivity contribution is 5.92. The number of nitrogens with one attached hydrogen (secondary N) is 1. The fourth-order valence-electron chi connectivity index (χ4n) is 4.64. The summed E-state index contributed by atoms with van der Waals surface area (Å²) in [5.41, 5.74) is 3.56. The van der Waals surface area contributed by atoms with Crippen molar-refractivity contribution in [1.29, 1.82) is 0 Å². The molecule has 0 saturated carbocycles. The molecule has 1 fully saturated rings. The zero-order valence-electron chi connectivity index (χ0n) is 17.9. The number of aromatic nitrogens is 4. The predicted octanol–water partition coefficient (Wildman–Crippen LogP) is 1.32. The molecule has 3 heterocycles. The standard InChI is InChI=1S/C22H30N6O/c1-5-27-12-8-9-17(27)14-28(22(29)20-13-16(2)24-26(20)4)15-21-23-18-10-6-7-11-19(18)25(21)3/h6-7,10-11,13,17H,5,8-9,12,14-15H2,1-4H3/p+1/t17-/m1/s1. The summed E-state index contributed by atoms with van der Waals surface area (Å²) >= 11 is 0. The SMILES string of the molecule is CC[NH+]1CCC[C@@H]1CN(Cc1nc2ccccc2n1C)C(=O)c1cc(C)nn1C. The summed E-state index contributed by atoms with van der Waals surface area (Å²) in [6, 6.07) is 10.5. The molecule has 154 valence electrons. The molecule has 0 aliphatic carbocycles. The summed E-state index contributed by atoms with van der Waals surface area (Å²) in [6.45, 7) is 7.70. The number of nitrogens with zero attached hydrogens (tertiary/aromatic N) is 5. The number of amides is 1. The molecule has 2 atom stereocenters. The molecule has 0 radical (unpaired) electrons. The number of hydrogen-bond acceptors (Lipinski definition) is 3. The van der Waals surface area contributed by atoms with Crippen LogP contribution in [0.3, 0.4) is 0 Å². The number of carbonyl (C=O) groups is 1. The summed E-state index contributed by atoms with van der Waals surface area (Å²) in [7, 11) is 3.87. The van der Waals surface area contributed by atoms with Crippen LogP contribution in [0.2, 0.25) is 0 Å². The van der Waals surface area contributed by atoms with Crippen LogP contribution in [-0.2, 0) is 20.6 Å². The lowest BCUT2D eigenvalue weighted by Crippen LogP contribution is -3.14. The summed E-state index contributed by atoms with van der Waals surface area (Å²) in [5.74, 6) is 0.942. The Hall–Kier alpha value is -2.67. The first kappa shape index (κ1) is 19.6. The largest absolute Gasteiger partial charge is 0.331 e. The minimum Gasteiger partial charge on any atom is -0.331 e. The van der Waals surface area contributed by atoms with Crippen LogP contribution >= 0.6 is 0 Å². The highest BCUT2D eigenvalue weighted by Crippen LogP contribution is 2.18. The molecular formula is C22H31N6O+. The van der Waals surface area contributed by atoms with Gasteiger partial charge in [-0.1, -0.05) is 12.1 Å². The molecule has 3 aromatic rings. The number of fused-ring (bicyclic) bond motifs is 1. The lowest BCUT2D eigenvalue weighted by Gasteiger charge is -2.28. The van der Waals surface area contributed by atoms with Crippen LogP contribution < -0.4 is 4.90 Å². The molecule has 0 bridgehead atoms. The monoisotopic (exact) mass is 395 g/mol. The maximum Gasteiger partial charge on any atom is 0.272 e. The number of quaternary nitrogens is 1. The van der Waals surface area contributed by atoms with E-state index in [0.717, 1.165) is 35.6 Å². The average Bonchev–Trinajstić information content (AvgIpc) is 3.39. The first-order chi connectivity index (χ1) is 14.0. The number of imidazole rings is 1. The van der Waals surface area contributed by atoms with Gasteiger partial charge in [0.25, 0.3) is 5.91 Å². The Labute approximate surface area is 171 Å². The van der Waals surface area contributed by atoms with Gasteiger partial charge in [0, 0.05) is 26.9 Å². The molecule has 1 aromatic carbocycles. The van der Waals surface area contributed by atoms with Crippen molar-refractivity contribution in [3.63, 3.8) is 0 Å². The number of benzene rings is 1. The second-order valence-corrected chi connectivity index (χ2v) is 8.16. The van der Waals surface area contributed by atoms with Gasteiger partial charge in [-0.2, -0.15) is 5.10 Å². The zero-order valence-corrected chi connectivity index (χ0v) is 17.9. The van der Waals surface area contributed by atoms with E-state index in [1.54, 1.807) is 9.58 Å². The topological polar surface area (TPSA) is 60.4 Å². The van der Waals surface area contributed by atoms with Gasteiger partial charge in [-0.15, -0.1) is 0 Å². The predicted molar refractivity (Wildman–Crippen MR) is 113 cm³/mol. The second kappa shape index (κ2) is 7.99. The van der Waals surface area contributed by atoms with Crippen LogP contribution in [0.15, 0.2) is 30.3 Å². The lowest BCUT2D eigenvalue weighted by atomic mass is 10.2. The minimum absolute atomic E-state index is 0.0301. The van der Waals surface area contributed by atoms with Gasteiger partial charge < -0.3 is 14.4 Å².